The SMILES string of the molecule is O=C(O)Oc1cc(O)c2c(ccc3[nH]c(-c4ccc(-c5cc6ccccc6s5)o4)nc32)c1. The number of aromatic nitrogens is 2. The zero-order valence-electron chi connectivity index (χ0n) is 16.3. The predicted molar refractivity (Wildman–Crippen MR) is 122 cm³/mol. The van der Waals surface area contributed by atoms with Gasteiger partial charge in [-0.1, -0.05) is 24.3 Å². The number of carboxylic acid groups (broad SMARTS) is 1. The number of hydrogen-bond acceptors (Lipinski definition) is 6. The number of aromatic hydroxyl groups is 1. The van der Waals surface area contributed by atoms with Crippen molar-refractivity contribution in [3.05, 3.63) is 66.7 Å². The molecule has 0 bridgehead atoms. The van der Waals surface area contributed by atoms with Crippen molar-refractivity contribution < 1.29 is 24.2 Å². The molecular weight excluding hydrogens is 428 g/mol. The van der Waals surface area contributed by atoms with Crippen LogP contribution in [-0.2, 0) is 0 Å². The molecule has 0 fully saturated rings. The molecule has 7 nitrogen and oxygen atoms in total. The van der Waals surface area contributed by atoms with Gasteiger partial charge in [0.05, 0.1) is 15.8 Å². The van der Waals surface area contributed by atoms with Crippen molar-refractivity contribution in [2.24, 2.45) is 0 Å². The monoisotopic (exact) mass is 442 g/mol. The van der Waals surface area contributed by atoms with Gasteiger partial charge >= 0.3 is 6.16 Å². The van der Waals surface area contributed by atoms with E-state index in [9.17, 15) is 9.90 Å². The molecule has 0 spiro atoms. The number of rotatable bonds is 3. The van der Waals surface area contributed by atoms with Gasteiger partial charge in [0.15, 0.2) is 11.6 Å². The number of ether oxygens (including phenoxy) is 1. The van der Waals surface area contributed by atoms with Crippen molar-refractivity contribution in [2.75, 3.05) is 0 Å². The highest BCUT2D eigenvalue weighted by molar-refractivity contribution is 7.22. The number of fused-ring (bicyclic) bond motifs is 4. The number of phenolic OH excluding ortho intramolecular Hbond substituents is 1. The minimum atomic E-state index is -1.45. The number of thiophene rings is 1. The molecule has 0 saturated carbocycles. The number of nitrogens with zero attached hydrogens (tertiary/aromatic N) is 1. The highest BCUT2D eigenvalue weighted by Crippen LogP contribution is 2.38. The van der Waals surface area contributed by atoms with Gasteiger partial charge in [0.25, 0.3) is 0 Å². The van der Waals surface area contributed by atoms with Crippen LogP contribution in [0.25, 0.3) is 54.1 Å². The van der Waals surface area contributed by atoms with Crippen molar-refractivity contribution in [3.8, 4) is 33.7 Å². The number of benzene rings is 3. The second-order valence-corrected chi connectivity index (χ2v) is 8.35. The van der Waals surface area contributed by atoms with Crippen LogP contribution in [0.1, 0.15) is 0 Å². The normalized spacial score (nSPS) is 11.5. The Kier molecular flexibility index (Phi) is 3.96. The van der Waals surface area contributed by atoms with Gasteiger partial charge in [0, 0.05) is 10.8 Å². The van der Waals surface area contributed by atoms with E-state index in [1.807, 2.05) is 30.3 Å². The molecule has 0 atom stereocenters. The fourth-order valence-corrected chi connectivity index (χ4v) is 4.88. The lowest BCUT2D eigenvalue weighted by Gasteiger charge is -2.05. The summed E-state index contributed by atoms with van der Waals surface area (Å²) in [4.78, 5) is 19.7. The molecule has 32 heavy (non-hydrogen) atoms. The zero-order valence-corrected chi connectivity index (χ0v) is 17.1. The van der Waals surface area contributed by atoms with E-state index >= 15 is 0 Å². The minimum absolute atomic E-state index is 0.0385. The van der Waals surface area contributed by atoms with E-state index in [2.05, 4.69) is 32.9 Å². The Morgan fingerprint density at radius 1 is 1.00 bits per heavy atom. The van der Waals surface area contributed by atoms with Crippen molar-refractivity contribution in [1.29, 1.82) is 0 Å². The standard InChI is InChI=1S/C24H14N2O5S/c27-16-11-14(30-24(28)29)9-13-5-6-15-22(21(13)16)26-23(25-15)18-8-7-17(31-18)20-10-12-3-1-2-4-19(12)32-20/h1-11,27H,(H,25,26)(H,28,29). The first-order valence-corrected chi connectivity index (χ1v) is 10.5. The Hall–Kier alpha value is -4.30. The van der Waals surface area contributed by atoms with Gasteiger partial charge in [-0.25, -0.2) is 9.78 Å². The summed E-state index contributed by atoms with van der Waals surface area (Å²) in [6.45, 7) is 0. The molecule has 0 saturated heterocycles. The predicted octanol–water partition coefficient (Wildman–Crippen LogP) is 6.62. The molecule has 0 amide bonds. The van der Waals surface area contributed by atoms with Gasteiger partial charge < -0.3 is 24.4 Å². The summed E-state index contributed by atoms with van der Waals surface area (Å²) in [5.41, 5.74) is 1.27. The fraction of sp³-hybridized carbons (Fsp3) is 0. The van der Waals surface area contributed by atoms with E-state index in [-0.39, 0.29) is 11.5 Å². The van der Waals surface area contributed by atoms with Crippen molar-refractivity contribution in [1.82, 2.24) is 9.97 Å². The molecule has 3 aromatic heterocycles. The van der Waals surface area contributed by atoms with E-state index in [0.717, 1.165) is 16.2 Å². The Morgan fingerprint density at radius 3 is 2.69 bits per heavy atom. The first-order chi connectivity index (χ1) is 15.5. The molecule has 0 radical (unpaired) electrons. The van der Waals surface area contributed by atoms with Gasteiger partial charge in [-0.2, -0.15) is 0 Å². The quantitative estimate of drug-likeness (QED) is 0.210. The highest BCUT2D eigenvalue weighted by atomic mass is 32.1. The summed E-state index contributed by atoms with van der Waals surface area (Å²) in [5.74, 6) is 1.78. The number of nitrogens with one attached hydrogen (secondary N) is 1. The third-order valence-corrected chi connectivity index (χ3v) is 6.36. The van der Waals surface area contributed by atoms with Crippen LogP contribution in [0.15, 0.2) is 71.1 Å². The number of H-pyrrole nitrogens is 1. The molecule has 0 aliphatic carbocycles. The minimum Gasteiger partial charge on any atom is -0.507 e. The Bertz CT molecular complexity index is 1630. The van der Waals surface area contributed by atoms with Gasteiger partial charge in [-0.3, -0.25) is 0 Å². The molecule has 6 rings (SSSR count). The molecule has 6 aromatic rings. The first kappa shape index (κ1) is 18.5. The Balaban J connectivity index is 1.43. The van der Waals surface area contributed by atoms with Crippen LogP contribution in [0.2, 0.25) is 0 Å². The van der Waals surface area contributed by atoms with E-state index in [1.165, 1.54) is 16.2 Å². The van der Waals surface area contributed by atoms with Crippen LogP contribution >= 0.6 is 11.3 Å². The number of imidazole rings is 1. The van der Waals surface area contributed by atoms with E-state index in [4.69, 9.17) is 9.52 Å². The number of furan rings is 1. The van der Waals surface area contributed by atoms with Gasteiger partial charge in [-0.05, 0) is 47.2 Å². The molecule has 3 aromatic carbocycles. The number of phenols is 1. The Labute approximate surface area is 184 Å². The summed E-state index contributed by atoms with van der Waals surface area (Å²) in [7, 11) is 0. The van der Waals surface area contributed by atoms with E-state index in [0.29, 0.717) is 27.9 Å². The smallest absolute Gasteiger partial charge is 0.507 e. The lowest BCUT2D eigenvalue weighted by molar-refractivity contribution is 0.144. The topological polar surface area (TPSA) is 109 Å². The second-order valence-electron chi connectivity index (χ2n) is 7.27. The zero-order chi connectivity index (χ0) is 21.8. The maximum absolute atomic E-state index is 10.8. The molecular formula is C24H14N2O5S. The molecule has 8 heteroatoms. The van der Waals surface area contributed by atoms with E-state index in [1.54, 1.807) is 23.5 Å². The van der Waals surface area contributed by atoms with Crippen molar-refractivity contribution in [3.63, 3.8) is 0 Å². The third-order valence-electron chi connectivity index (χ3n) is 5.23. The van der Waals surface area contributed by atoms with Gasteiger partial charge in [-0.15, -0.1) is 11.3 Å². The summed E-state index contributed by atoms with van der Waals surface area (Å²) in [6, 6.07) is 20.4. The molecule has 156 valence electrons. The lowest BCUT2D eigenvalue weighted by Crippen LogP contribution is -2.02. The van der Waals surface area contributed by atoms with Crippen molar-refractivity contribution in [2.45, 2.75) is 0 Å². The largest absolute Gasteiger partial charge is 0.511 e. The highest BCUT2D eigenvalue weighted by Gasteiger charge is 2.16. The summed E-state index contributed by atoms with van der Waals surface area (Å²) in [5, 5.41) is 21.6. The summed E-state index contributed by atoms with van der Waals surface area (Å²) >= 11 is 1.66. The summed E-state index contributed by atoms with van der Waals surface area (Å²) < 4.78 is 12.0. The van der Waals surface area contributed by atoms with Crippen LogP contribution < -0.4 is 4.74 Å². The average molecular weight is 442 g/mol. The number of hydrogen-bond donors (Lipinski definition) is 3. The number of aromatic amines is 1. The van der Waals surface area contributed by atoms with Crippen LogP contribution in [-0.4, -0.2) is 26.3 Å². The molecule has 3 heterocycles. The fourth-order valence-electron chi connectivity index (χ4n) is 3.86. The summed E-state index contributed by atoms with van der Waals surface area (Å²) in [6.07, 6.45) is -1.45. The third kappa shape index (κ3) is 2.97. The molecule has 0 aliphatic heterocycles. The van der Waals surface area contributed by atoms with Crippen LogP contribution in [0.5, 0.6) is 11.5 Å². The first-order valence-electron chi connectivity index (χ1n) is 9.70. The van der Waals surface area contributed by atoms with Crippen LogP contribution in [0.4, 0.5) is 4.79 Å². The Morgan fingerprint density at radius 2 is 1.84 bits per heavy atom. The van der Waals surface area contributed by atoms with Gasteiger partial charge in [0.1, 0.15) is 22.8 Å². The molecule has 0 aliphatic rings. The lowest BCUT2D eigenvalue weighted by atomic mass is 10.1. The van der Waals surface area contributed by atoms with E-state index < -0.39 is 6.16 Å². The van der Waals surface area contributed by atoms with Crippen LogP contribution in [0.3, 0.4) is 0 Å². The van der Waals surface area contributed by atoms with Crippen LogP contribution in [0, 0.1) is 0 Å². The second kappa shape index (κ2) is 6.86. The van der Waals surface area contributed by atoms with Crippen molar-refractivity contribution >= 4 is 49.4 Å². The molecule has 0 unspecified atom stereocenters. The maximum atomic E-state index is 10.8. The van der Waals surface area contributed by atoms with Gasteiger partial charge in [0.2, 0.25) is 0 Å². The number of carbonyl (C=O) groups is 1. The maximum Gasteiger partial charge on any atom is 0.511 e. The molecule has 3 N–H and O–H groups in total. The average Bonchev–Trinajstić information content (AvgIpc) is 3.49.